The fraction of sp³-hybridized carbons (Fsp3) is 0.625. The van der Waals surface area contributed by atoms with E-state index in [-0.39, 0.29) is 11.9 Å². The zero-order valence-corrected chi connectivity index (χ0v) is 20.2. The third-order valence-corrected chi connectivity index (χ3v) is 7.59. The highest BCUT2D eigenvalue weighted by atomic mass is 32.2. The summed E-state index contributed by atoms with van der Waals surface area (Å²) in [5.41, 5.74) is 0.894. The van der Waals surface area contributed by atoms with Gasteiger partial charge >= 0.3 is 5.97 Å². The molecule has 0 radical (unpaired) electrons. The van der Waals surface area contributed by atoms with Crippen LogP contribution in [0.3, 0.4) is 0 Å². The Morgan fingerprint density at radius 1 is 1.16 bits per heavy atom. The van der Waals surface area contributed by atoms with Gasteiger partial charge in [-0.05, 0) is 42.4 Å². The number of fused-ring (bicyclic) bond motifs is 1. The van der Waals surface area contributed by atoms with Gasteiger partial charge in [0, 0.05) is 37.6 Å². The van der Waals surface area contributed by atoms with E-state index in [1.165, 1.54) is 31.5 Å². The second-order valence-corrected chi connectivity index (χ2v) is 10.3. The number of anilines is 1. The van der Waals surface area contributed by atoms with E-state index in [1.807, 2.05) is 38.1 Å². The van der Waals surface area contributed by atoms with Crippen molar-refractivity contribution in [3.8, 4) is 0 Å². The first-order valence-corrected chi connectivity index (χ1v) is 12.8. The molecule has 0 saturated carbocycles. The number of rotatable bonds is 7. The maximum atomic E-state index is 12.3. The number of piperazine rings is 1. The number of benzene rings is 1. The number of para-hydroxylation sites is 1. The van der Waals surface area contributed by atoms with Crippen LogP contribution in [0.25, 0.3) is 10.9 Å². The van der Waals surface area contributed by atoms with E-state index in [1.54, 1.807) is 0 Å². The number of hydrogen-bond donors (Lipinski definition) is 1. The summed E-state index contributed by atoms with van der Waals surface area (Å²) in [6, 6.07) is 8.28. The fourth-order valence-corrected chi connectivity index (χ4v) is 5.70. The molecule has 32 heavy (non-hydrogen) atoms. The van der Waals surface area contributed by atoms with E-state index in [2.05, 4.69) is 26.9 Å². The molecule has 2 aliphatic heterocycles. The van der Waals surface area contributed by atoms with E-state index in [4.69, 9.17) is 14.7 Å². The molecule has 1 atom stereocenters. The Hall–Kier alpha value is -1.90. The minimum absolute atomic E-state index is 0.0749. The van der Waals surface area contributed by atoms with E-state index in [0.717, 1.165) is 55.5 Å². The molecule has 8 heteroatoms. The molecule has 4 rings (SSSR count). The van der Waals surface area contributed by atoms with Gasteiger partial charge in [-0.25, -0.2) is 14.8 Å². The SMILES string of the molecule is COC(=O)[C@@H](Nc1nc(CN2CCN(C3CCSCC3)CC2)nc2ccccc12)C(C)C. The quantitative estimate of drug-likeness (QED) is 0.636. The number of carbonyl (C=O) groups is 1. The van der Waals surface area contributed by atoms with Crippen molar-refractivity contribution in [2.45, 2.75) is 45.3 Å². The number of nitrogens with one attached hydrogen (secondary N) is 1. The predicted molar refractivity (Wildman–Crippen MR) is 131 cm³/mol. The molecule has 174 valence electrons. The van der Waals surface area contributed by atoms with Crippen molar-refractivity contribution in [1.82, 2.24) is 19.8 Å². The van der Waals surface area contributed by atoms with Crippen LogP contribution in [-0.4, -0.2) is 82.6 Å². The third kappa shape index (κ3) is 5.53. The van der Waals surface area contributed by atoms with Gasteiger partial charge < -0.3 is 10.1 Å². The molecule has 0 amide bonds. The highest BCUT2D eigenvalue weighted by Crippen LogP contribution is 2.25. The average molecular weight is 458 g/mol. The van der Waals surface area contributed by atoms with Gasteiger partial charge in [0.25, 0.3) is 0 Å². The maximum absolute atomic E-state index is 12.3. The lowest BCUT2D eigenvalue weighted by Crippen LogP contribution is -2.50. The Morgan fingerprint density at radius 3 is 2.56 bits per heavy atom. The number of aromatic nitrogens is 2. The van der Waals surface area contributed by atoms with E-state index >= 15 is 0 Å². The summed E-state index contributed by atoms with van der Waals surface area (Å²) in [4.78, 5) is 27.1. The molecule has 1 aromatic carbocycles. The van der Waals surface area contributed by atoms with Crippen LogP contribution in [0.1, 0.15) is 32.5 Å². The number of nitrogens with zero attached hydrogens (tertiary/aromatic N) is 4. The fourth-order valence-electron chi connectivity index (χ4n) is 4.61. The summed E-state index contributed by atoms with van der Waals surface area (Å²) in [6.45, 7) is 9.04. The van der Waals surface area contributed by atoms with Gasteiger partial charge in [-0.15, -0.1) is 0 Å². The minimum Gasteiger partial charge on any atom is -0.467 e. The van der Waals surface area contributed by atoms with Crippen molar-refractivity contribution < 1.29 is 9.53 Å². The number of thioether (sulfide) groups is 1. The van der Waals surface area contributed by atoms with Crippen molar-refractivity contribution in [1.29, 1.82) is 0 Å². The molecule has 2 aliphatic rings. The number of carbonyl (C=O) groups excluding carboxylic acids is 1. The van der Waals surface area contributed by atoms with Crippen LogP contribution in [0.15, 0.2) is 24.3 Å². The molecule has 0 spiro atoms. The summed E-state index contributed by atoms with van der Waals surface area (Å²) >= 11 is 2.09. The highest BCUT2D eigenvalue weighted by Gasteiger charge is 2.27. The van der Waals surface area contributed by atoms with Gasteiger partial charge in [0.1, 0.15) is 17.7 Å². The molecular weight excluding hydrogens is 422 g/mol. The topological polar surface area (TPSA) is 70.6 Å². The third-order valence-electron chi connectivity index (χ3n) is 6.54. The monoisotopic (exact) mass is 457 g/mol. The van der Waals surface area contributed by atoms with Gasteiger partial charge in [0.15, 0.2) is 0 Å². The first-order valence-electron chi connectivity index (χ1n) is 11.7. The Bertz CT molecular complexity index is 910. The van der Waals surface area contributed by atoms with Gasteiger partial charge in [-0.1, -0.05) is 26.0 Å². The summed E-state index contributed by atoms with van der Waals surface area (Å²) < 4.78 is 5.01. The van der Waals surface area contributed by atoms with Gasteiger partial charge in [0.2, 0.25) is 0 Å². The summed E-state index contributed by atoms with van der Waals surface area (Å²) in [6.07, 6.45) is 2.65. The van der Waals surface area contributed by atoms with Crippen molar-refractivity contribution in [2.24, 2.45) is 5.92 Å². The smallest absolute Gasteiger partial charge is 0.328 e. The summed E-state index contributed by atoms with van der Waals surface area (Å²) in [7, 11) is 1.43. The van der Waals surface area contributed by atoms with Gasteiger partial charge in [-0.2, -0.15) is 11.8 Å². The van der Waals surface area contributed by atoms with Crippen molar-refractivity contribution >= 4 is 34.5 Å². The van der Waals surface area contributed by atoms with Crippen LogP contribution in [0, 0.1) is 5.92 Å². The number of hydrogen-bond acceptors (Lipinski definition) is 8. The summed E-state index contributed by atoms with van der Waals surface area (Å²) in [5, 5.41) is 4.27. The van der Waals surface area contributed by atoms with Crippen LogP contribution >= 0.6 is 11.8 Å². The molecule has 1 N–H and O–H groups in total. The molecule has 3 heterocycles. The number of methoxy groups -OCH3 is 1. The molecule has 0 bridgehead atoms. The number of ether oxygens (including phenoxy) is 1. The van der Waals surface area contributed by atoms with Crippen LogP contribution < -0.4 is 5.32 Å². The Labute approximate surface area is 195 Å². The first kappa shape index (κ1) is 23.3. The van der Waals surface area contributed by atoms with Crippen molar-refractivity contribution in [3.63, 3.8) is 0 Å². The zero-order valence-electron chi connectivity index (χ0n) is 19.4. The molecule has 0 aliphatic carbocycles. The van der Waals surface area contributed by atoms with Crippen LogP contribution in [0.5, 0.6) is 0 Å². The standard InChI is InChI=1S/C24H35N5O2S/c1-17(2)22(24(30)31-3)27-23-19-6-4-5-7-20(19)25-21(26-23)16-28-10-12-29(13-11-28)18-8-14-32-15-9-18/h4-7,17-18,22H,8-16H2,1-3H3,(H,25,26,27)/t22-/m0/s1. The Morgan fingerprint density at radius 2 is 1.88 bits per heavy atom. The van der Waals surface area contributed by atoms with E-state index in [0.29, 0.717) is 5.82 Å². The van der Waals surface area contributed by atoms with Crippen LogP contribution in [-0.2, 0) is 16.1 Å². The maximum Gasteiger partial charge on any atom is 0.328 e. The second kappa shape index (κ2) is 10.8. The van der Waals surface area contributed by atoms with E-state index < -0.39 is 6.04 Å². The normalized spacial score (nSPS) is 19.9. The molecule has 2 fully saturated rings. The molecule has 7 nitrogen and oxygen atoms in total. The van der Waals surface area contributed by atoms with Crippen molar-refractivity contribution in [3.05, 3.63) is 30.1 Å². The highest BCUT2D eigenvalue weighted by molar-refractivity contribution is 7.99. The average Bonchev–Trinajstić information content (AvgIpc) is 2.82. The largest absolute Gasteiger partial charge is 0.467 e. The van der Waals surface area contributed by atoms with Crippen molar-refractivity contribution in [2.75, 3.05) is 50.1 Å². The molecule has 2 aromatic rings. The molecule has 1 aromatic heterocycles. The zero-order chi connectivity index (χ0) is 22.5. The summed E-state index contributed by atoms with van der Waals surface area (Å²) in [5.74, 6) is 3.89. The first-order chi connectivity index (χ1) is 15.5. The lowest BCUT2D eigenvalue weighted by atomic mass is 10.0. The lowest BCUT2D eigenvalue weighted by molar-refractivity contribution is -0.142. The Kier molecular flexibility index (Phi) is 7.86. The van der Waals surface area contributed by atoms with Gasteiger partial charge in [-0.3, -0.25) is 9.80 Å². The lowest BCUT2D eigenvalue weighted by Gasteiger charge is -2.40. The van der Waals surface area contributed by atoms with Crippen LogP contribution in [0.4, 0.5) is 5.82 Å². The van der Waals surface area contributed by atoms with E-state index in [9.17, 15) is 4.79 Å². The molecule has 0 unspecified atom stereocenters. The van der Waals surface area contributed by atoms with Gasteiger partial charge in [0.05, 0.1) is 19.2 Å². The second-order valence-electron chi connectivity index (χ2n) is 9.05. The molecular formula is C24H35N5O2S. The molecule has 2 saturated heterocycles. The predicted octanol–water partition coefficient (Wildman–Crippen LogP) is 3.25. The van der Waals surface area contributed by atoms with Crippen LogP contribution in [0.2, 0.25) is 0 Å². The Balaban J connectivity index is 1.48. The number of esters is 1. The minimum atomic E-state index is -0.455.